The van der Waals surface area contributed by atoms with E-state index in [0.29, 0.717) is 12.1 Å². The van der Waals surface area contributed by atoms with Crippen LogP contribution in [0.3, 0.4) is 0 Å². The number of carboxylic acids is 1. The minimum absolute atomic E-state index is 0.0838. The molecule has 1 aromatic carbocycles. The third-order valence-electron chi connectivity index (χ3n) is 3.11. The Bertz CT molecular complexity index is 574. The summed E-state index contributed by atoms with van der Waals surface area (Å²) in [5.74, 6) is -1.26. The van der Waals surface area contributed by atoms with Crippen molar-refractivity contribution in [3.05, 3.63) is 33.9 Å². The fourth-order valence-corrected chi connectivity index (χ4v) is 1.56. The number of rotatable bonds is 5. The van der Waals surface area contributed by atoms with Crippen molar-refractivity contribution in [3.8, 4) is 0 Å². The van der Waals surface area contributed by atoms with E-state index in [1.807, 2.05) is 0 Å². The number of hydrogen-bond acceptors (Lipinski definition) is 4. The fourth-order valence-electron chi connectivity index (χ4n) is 1.56. The smallest absolute Gasteiger partial charge is 0.416 e. The Kier molecular flexibility index (Phi) is 4.45. The number of benzene rings is 1. The highest BCUT2D eigenvalue weighted by Gasteiger charge is 2.36. The highest BCUT2D eigenvalue weighted by molar-refractivity contribution is 5.83. The molecule has 0 amide bonds. The number of hydrogen-bond donors (Lipinski definition) is 2. The summed E-state index contributed by atoms with van der Waals surface area (Å²) in [5.41, 5.74) is -3.80. The number of carboxylic acid groups (broad SMARTS) is 1. The van der Waals surface area contributed by atoms with Gasteiger partial charge in [0.15, 0.2) is 0 Å². The van der Waals surface area contributed by atoms with E-state index < -0.39 is 33.9 Å². The second-order valence-corrected chi connectivity index (χ2v) is 4.60. The van der Waals surface area contributed by atoms with Gasteiger partial charge in [-0.05, 0) is 25.5 Å². The maximum Gasteiger partial charge on any atom is 0.416 e. The van der Waals surface area contributed by atoms with E-state index in [1.165, 1.54) is 13.8 Å². The summed E-state index contributed by atoms with van der Waals surface area (Å²) in [6.07, 6.45) is -4.63. The lowest BCUT2D eigenvalue weighted by Crippen LogP contribution is -2.42. The van der Waals surface area contributed by atoms with Gasteiger partial charge in [-0.1, -0.05) is 6.92 Å². The Labute approximate surface area is 117 Å². The topological polar surface area (TPSA) is 92.5 Å². The normalized spacial score (nSPS) is 14.3. The van der Waals surface area contributed by atoms with Crippen molar-refractivity contribution in [1.82, 2.24) is 0 Å². The van der Waals surface area contributed by atoms with Gasteiger partial charge >= 0.3 is 12.1 Å². The molecular weight excluding hydrogens is 293 g/mol. The summed E-state index contributed by atoms with van der Waals surface area (Å²) >= 11 is 0. The molecule has 116 valence electrons. The van der Waals surface area contributed by atoms with Crippen molar-refractivity contribution in [1.29, 1.82) is 0 Å². The summed E-state index contributed by atoms with van der Waals surface area (Å²) in [6.45, 7) is 2.83. The van der Waals surface area contributed by atoms with Crippen molar-refractivity contribution in [2.45, 2.75) is 32.0 Å². The van der Waals surface area contributed by atoms with E-state index >= 15 is 0 Å². The third kappa shape index (κ3) is 3.61. The van der Waals surface area contributed by atoms with Gasteiger partial charge in [-0.3, -0.25) is 10.1 Å². The maximum absolute atomic E-state index is 12.6. The Morgan fingerprint density at radius 3 is 2.38 bits per heavy atom. The van der Waals surface area contributed by atoms with Gasteiger partial charge in [0.1, 0.15) is 11.2 Å². The molecule has 0 aromatic heterocycles. The molecule has 0 bridgehead atoms. The van der Waals surface area contributed by atoms with E-state index in [-0.39, 0.29) is 12.1 Å². The summed E-state index contributed by atoms with van der Waals surface area (Å²) in [4.78, 5) is 21.1. The molecule has 21 heavy (non-hydrogen) atoms. The molecule has 0 aliphatic carbocycles. The number of carbonyl (C=O) groups is 1. The highest BCUT2D eigenvalue weighted by Crippen LogP contribution is 2.36. The van der Waals surface area contributed by atoms with Crippen LogP contribution in [-0.4, -0.2) is 21.5 Å². The van der Waals surface area contributed by atoms with Crippen molar-refractivity contribution in [2.75, 3.05) is 5.32 Å². The Hall–Kier alpha value is -2.32. The van der Waals surface area contributed by atoms with Crippen LogP contribution >= 0.6 is 0 Å². The molecule has 1 rings (SSSR count). The molecule has 1 unspecified atom stereocenters. The highest BCUT2D eigenvalue weighted by atomic mass is 19.4. The van der Waals surface area contributed by atoms with Gasteiger partial charge in [0.2, 0.25) is 0 Å². The van der Waals surface area contributed by atoms with E-state index in [9.17, 15) is 28.1 Å². The van der Waals surface area contributed by atoms with Crippen LogP contribution in [0.25, 0.3) is 0 Å². The number of aliphatic carboxylic acids is 1. The van der Waals surface area contributed by atoms with Crippen molar-refractivity contribution in [3.63, 3.8) is 0 Å². The maximum atomic E-state index is 12.6. The van der Waals surface area contributed by atoms with Crippen molar-refractivity contribution < 1.29 is 28.0 Å². The van der Waals surface area contributed by atoms with Gasteiger partial charge in [0, 0.05) is 6.07 Å². The first-order chi connectivity index (χ1) is 9.51. The van der Waals surface area contributed by atoms with Gasteiger partial charge < -0.3 is 10.4 Å². The largest absolute Gasteiger partial charge is 0.480 e. The average Bonchev–Trinajstić information content (AvgIpc) is 2.37. The van der Waals surface area contributed by atoms with E-state index in [0.717, 1.165) is 6.07 Å². The lowest BCUT2D eigenvalue weighted by molar-refractivity contribution is -0.384. The van der Waals surface area contributed by atoms with Crippen LogP contribution in [0.4, 0.5) is 24.5 Å². The number of nitro benzene ring substituents is 1. The SMILES string of the molecule is CCC(C)(Nc1ccc(C(F)(F)F)cc1[N+](=O)[O-])C(=O)O. The lowest BCUT2D eigenvalue weighted by Gasteiger charge is -2.25. The molecule has 0 aliphatic heterocycles. The minimum atomic E-state index is -4.72. The first kappa shape index (κ1) is 16.7. The number of nitro groups is 1. The Morgan fingerprint density at radius 1 is 1.43 bits per heavy atom. The van der Waals surface area contributed by atoms with Gasteiger partial charge in [0.25, 0.3) is 5.69 Å². The molecule has 0 spiro atoms. The van der Waals surface area contributed by atoms with Gasteiger partial charge in [-0.15, -0.1) is 0 Å². The number of anilines is 1. The van der Waals surface area contributed by atoms with Crippen LogP contribution in [0, 0.1) is 10.1 Å². The Morgan fingerprint density at radius 2 is 2.00 bits per heavy atom. The van der Waals surface area contributed by atoms with Crippen LogP contribution in [0.15, 0.2) is 18.2 Å². The molecule has 0 saturated heterocycles. The zero-order valence-electron chi connectivity index (χ0n) is 11.2. The molecule has 0 fully saturated rings. The van der Waals surface area contributed by atoms with Crippen molar-refractivity contribution in [2.24, 2.45) is 0 Å². The van der Waals surface area contributed by atoms with Crippen LogP contribution in [0.5, 0.6) is 0 Å². The predicted molar refractivity (Wildman–Crippen MR) is 68.1 cm³/mol. The van der Waals surface area contributed by atoms with E-state index in [4.69, 9.17) is 5.11 Å². The van der Waals surface area contributed by atoms with Crippen molar-refractivity contribution >= 4 is 17.3 Å². The van der Waals surface area contributed by atoms with Gasteiger partial charge in [-0.2, -0.15) is 13.2 Å². The molecule has 6 nitrogen and oxygen atoms in total. The quantitative estimate of drug-likeness (QED) is 0.643. The first-order valence-corrected chi connectivity index (χ1v) is 5.88. The summed E-state index contributed by atoms with van der Waals surface area (Å²) < 4.78 is 37.7. The molecule has 0 heterocycles. The van der Waals surface area contributed by atoms with Gasteiger partial charge in [-0.25, -0.2) is 4.79 Å². The van der Waals surface area contributed by atoms with Crippen LogP contribution in [-0.2, 0) is 11.0 Å². The second kappa shape index (κ2) is 5.58. The minimum Gasteiger partial charge on any atom is -0.480 e. The molecule has 0 saturated carbocycles. The van der Waals surface area contributed by atoms with Crippen LogP contribution in [0.2, 0.25) is 0 Å². The van der Waals surface area contributed by atoms with E-state index in [2.05, 4.69) is 5.32 Å². The monoisotopic (exact) mass is 306 g/mol. The Balaban J connectivity index is 3.31. The standard InChI is InChI=1S/C12H13F3N2O4/c1-3-11(2,10(18)19)16-8-5-4-7(12(13,14)15)6-9(8)17(20)21/h4-6,16H,3H2,1-2H3,(H,18,19). The number of halogens is 3. The third-order valence-corrected chi connectivity index (χ3v) is 3.11. The lowest BCUT2D eigenvalue weighted by atomic mass is 9.98. The summed E-state index contributed by atoms with van der Waals surface area (Å²) in [6, 6.07) is 1.89. The molecule has 1 atom stereocenters. The fraction of sp³-hybridized carbons (Fsp3) is 0.417. The number of nitrogens with zero attached hydrogens (tertiary/aromatic N) is 1. The first-order valence-electron chi connectivity index (χ1n) is 5.88. The average molecular weight is 306 g/mol. The summed E-state index contributed by atoms with van der Waals surface area (Å²) in [5, 5.41) is 22.4. The molecule has 9 heteroatoms. The number of alkyl halides is 3. The van der Waals surface area contributed by atoms with Crippen LogP contribution in [0.1, 0.15) is 25.8 Å². The zero-order valence-corrected chi connectivity index (χ0v) is 11.2. The van der Waals surface area contributed by atoms with Crippen LogP contribution < -0.4 is 5.32 Å². The summed E-state index contributed by atoms with van der Waals surface area (Å²) in [7, 11) is 0. The molecular formula is C12H13F3N2O4. The number of nitrogens with one attached hydrogen (secondary N) is 1. The molecule has 0 radical (unpaired) electrons. The second-order valence-electron chi connectivity index (χ2n) is 4.60. The molecule has 0 aliphatic rings. The molecule has 2 N–H and O–H groups in total. The van der Waals surface area contributed by atoms with Gasteiger partial charge in [0.05, 0.1) is 10.5 Å². The predicted octanol–water partition coefficient (Wildman–Crippen LogP) is 3.28. The molecule has 1 aromatic rings. The zero-order chi connectivity index (χ0) is 16.4. The van der Waals surface area contributed by atoms with E-state index in [1.54, 1.807) is 0 Å².